The van der Waals surface area contributed by atoms with E-state index in [0.29, 0.717) is 0 Å². The summed E-state index contributed by atoms with van der Waals surface area (Å²) in [6.07, 6.45) is 1.34. The fourth-order valence-electron chi connectivity index (χ4n) is 0.848. The molecule has 0 aromatic heterocycles. The SMILES string of the molecule is O=C(CNC(=O)OCCO)NC1CC1. The Hall–Kier alpha value is -1.30. The molecule has 0 saturated heterocycles. The fourth-order valence-corrected chi connectivity index (χ4v) is 0.848. The van der Waals surface area contributed by atoms with Gasteiger partial charge in [-0.05, 0) is 12.8 Å². The monoisotopic (exact) mass is 202 g/mol. The first-order chi connectivity index (χ1) is 6.72. The smallest absolute Gasteiger partial charge is 0.407 e. The summed E-state index contributed by atoms with van der Waals surface area (Å²) >= 11 is 0. The minimum Gasteiger partial charge on any atom is -0.447 e. The van der Waals surface area contributed by atoms with Crippen LogP contribution in [0.1, 0.15) is 12.8 Å². The number of amides is 2. The Morgan fingerprint density at radius 1 is 1.43 bits per heavy atom. The van der Waals surface area contributed by atoms with Crippen molar-refractivity contribution < 1.29 is 19.4 Å². The van der Waals surface area contributed by atoms with Crippen LogP contribution in [0.5, 0.6) is 0 Å². The Balaban J connectivity index is 2.00. The van der Waals surface area contributed by atoms with Gasteiger partial charge in [-0.15, -0.1) is 0 Å². The Labute approximate surface area is 81.6 Å². The Morgan fingerprint density at radius 2 is 2.14 bits per heavy atom. The molecule has 0 radical (unpaired) electrons. The van der Waals surface area contributed by atoms with Crippen LogP contribution in [0.15, 0.2) is 0 Å². The van der Waals surface area contributed by atoms with E-state index in [-0.39, 0.29) is 31.7 Å². The van der Waals surface area contributed by atoms with E-state index in [1.54, 1.807) is 0 Å². The normalized spacial score (nSPS) is 14.6. The molecule has 0 spiro atoms. The van der Waals surface area contributed by atoms with Crippen molar-refractivity contribution in [3.05, 3.63) is 0 Å². The maximum Gasteiger partial charge on any atom is 0.407 e. The molecule has 0 bridgehead atoms. The lowest BCUT2D eigenvalue weighted by Crippen LogP contribution is -2.38. The Bertz CT molecular complexity index is 215. The number of alkyl carbamates (subject to hydrolysis) is 1. The van der Waals surface area contributed by atoms with E-state index in [1.807, 2.05) is 0 Å². The van der Waals surface area contributed by atoms with E-state index < -0.39 is 6.09 Å². The standard InChI is InChI=1S/C8H14N2O4/c11-3-4-14-8(13)9-5-7(12)10-6-1-2-6/h6,11H,1-5H2,(H,9,13)(H,10,12). The van der Waals surface area contributed by atoms with Crippen molar-refractivity contribution in [2.75, 3.05) is 19.8 Å². The zero-order valence-electron chi connectivity index (χ0n) is 7.78. The number of hydrogen-bond donors (Lipinski definition) is 3. The van der Waals surface area contributed by atoms with Crippen LogP contribution in [0, 0.1) is 0 Å². The molecule has 0 heterocycles. The summed E-state index contributed by atoms with van der Waals surface area (Å²) in [5.74, 6) is -0.214. The second-order valence-electron chi connectivity index (χ2n) is 3.05. The minimum absolute atomic E-state index is 0.0594. The van der Waals surface area contributed by atoms with E-state index in [1.165, 1.54) is 0 Å². The van der Waals surface area contributed by atoms with Gasteiger partial charge in [0.05, 0.1) is 6.61 Å². The van der Waals surface area contributed by atoms with Gasteiger partial charge in [-0.3, -0.25) is 4.79 Å². The van der Waals surface area contributed by atoms with Gasteiger partial charge in [0, 0.05) is 6.04 Å². The summed E-state index contributed by atoms with van der Waals surface area (Å²) in [4.78, 5) is 21.8. The Morgan fingerprint density at radius 3 is 2.71 bits per heavy atom. The van der Waals surface area contributed by atoms with Gasteiger partial charge in [-0.1, -0.05) is 0 Å². The highest BCUT2D eigenvalue weighted by molar-refractivity contribution is 5.82. The van der Waals surface area contributed by atoms with Gasteiger partial charge in [0.2, 0.25) is 5.91 Å². The summed E-state index contributed by atoms with van der Waals surface area (Å²) in [5, 5.41) is 13.3. The van der Waals surface area contributed by atoms with Crippen LogP contribution in [0.25, 0.3) is 0 Å². The molecule has 0 aromatic carbocycles. The largest absolute Gasteiger partial charge is 0.447 e. The average Bonchev–Trinajstić information content (AvgIpc) is 2.95. The maximum atomic E-state index is 11.0. The molecule has 1 rings (SSSR count). The quantitative estimate of drug-likeness (QED) is 0.532. The maximum absolute atomic E-state index is 11.0. The molecule has 80 valence electrons. The molecule has 0 unspecified atom stereocenters. The Kier molecular flexibility index (Phi) is 4.18. The number of ether oxygens (including phenoxy) is 1. The first-order valence-corrected chi connectivity index (χ1v) is 4.53. The van der Waals surface area contributed by atoms with Crippen LogP contribution >= 0.6 is 0 Å². The molecule has 6 heteroatoms. The lowest BCUT2D eigenvalue weighted by molar-refractivity contribution is -0.120. The summed E-state index contributed by atoms with van der Waals surface area (Å²) in [6.45, 7) is -0.363. The van der Waals surface area contributed by atoms with Gasteiger partial charge >= 0.3 is 6.09 Å². The highest BCUT2D eigenvalue weighted by Gasteiger charge is 2.23. The number of carbonyl (C=O) groups excluding carboxylic acids is 2. The van der Waals surface area contributed by atoms with Crippen molar-refractivity contribution in [1.82, 2.24) is 10.6 Å². The highest BCUT2D eigenvalue weighted by atomic mass is 16.6. The van der Waals surface area contributed by atoms with Crippen molar-refractivity contribution >= 4 is 12.0 Å². The van der Waals surface area contributed by atoms with E-state index in [9.17, 15) is 9.59 Å². The number of aliphatic hydroxyl groups is 1. The molecule has 14 heavy (non-hydrogen) atoms. The van der Waals surface area contributed by atoms with Crippen molar-refractivity contribution in [1.29, 1.82) is 0 Å². The summed E-state index contributed by atoms with van der Waals surface area (Å²) < 4.78 is 4.48. The zero-order valence-corrected chi connectivity index (χ0v) is 7.78. The van der Waals surface area contributed by atoms with Crippen LogP contribution < -0.4 is 10.6 Å². The zero-order chi connectivity index (χ0) is 10.4. The first kappa shape index (κ1) is 10.8. The average molecular weight is 202 g/mol. The number of hydrogen-bond acceptors (Lipinski definition) is 4. The van der Waals surface area contributed by atoms with Gasteiger partial charge in [-0.25, -0.2) is 4.79 Å². The van der Waals surface area contributed by atoms with Gasteiger partial charge in [0.25, 0.3) is 0 Å². The minimum atomic E-state index is -0.690. The molecular formula is C8H14N2O4. The van der Waals surface area contributed by atoms with Crippen molar-refractivity contribution in [3.63, 3.8) is 0 Å². The number of rotatable bonds is 5. The highest BCUT2D eigenvalue weighted by Crippen LogP contribution is 2.18. The number of carbonyl (C=O) groups is 2. The van der Waals surface area contributed by atoms with Crippen LogP contribution in [0.2, 0.25) is 0 Å². The van der Waals surface area contributed by atoms with Crippen molar-refractivity contribution in [2.24, 2.45) is 0 Å². The van der Waals surface area contributed by atoms with Gasteiger partial charge < -0.3 is 20.5 Å². The van der Waals surface area contributed by atoms with Crippen molar-refractivity contribution in [3.8, 4) is 0 Å². The van der Waals surface area contributed by atoms with E-state index >= 15 is 0 Å². The predicted octanol–water partition coefficient (Wildman–Crippen LogP) is -1.02. The third-order valence-electron chi connectivity index (χ3n) is 1.66. The third-order valence-corrected chi connectivity index (χ3v) is 1.66. The molecule has 1 saturated carbocycles. The number of nitrogens with one attached hydrogen (secondary N) is 2. The second-order valence-corrected chi connectivity index (χ2v) is 3.05. The number of aliphatic hydroxyl groups excluding tert-OH is 1. The van der Waals surface area contributed by atoms with E-state index in [0.717, 1.165) is 12.8 Å². The topological polar surface area (TPSA) is 87.7 Å². The van der Waals surface area contributed by atoms with Gasteiger partial charge in [0.15, 0.2) is 0 Å². The van der Waals surface area contributed by atoms with Crippen LogP contribution in [0.3, 0.4) is 0 Å². The van der Waals surface area contributed by atoms with Crippen molar-refractivity contribution in [2.45, 2.75) is 18.9 Å². The van der Waals surface area contributed by atoms with E-state index in [2.05, 4.69) is 15.4 Å². The molecule has 6 nitrogen and oxygen atoms in total. The summed E-state index contributed by atoms with van der Waals surface area (Å²) in [7, 11) is 0. The molecule has 1 aliphatic rings. The predicted molar refractivity (Wildman–Crippen MR) is 47.6 cm³/mol. The molecule has 1 fully saturated rings. The van der Waals surface area contributed by atoms with Gasteiger partial charge in [0.1, 0.15) is 13.2 Å². The molecule has 0 aliphatic heterocycles. The molecule has 0 aromatic rings. The summed E-state index contributed by atoms with van der Waals surface area (Å²) in [5.41, 5.74) is 0. The lowest BCUT2D eigenvalue weighted by atomic mass is 10.5. The molecule has 0 atom stereocenters. The van der Waals surface area contributed by atoms with Crippen LogP contribution in [0.4, 0.5) is 4.79 Å². The third kappa shape index (κ3) is 4.66. The fraction of sp³-hybridized carbons (Fsp3) is 0.750. The van der Waals surface area contributed by atoms with Crippen LogP contribution in [-0.2, 0) is 9.53 Å². The second kappa shape index (κ2) is 5.43. The molecular weight excluding hydrogens is 188 g/mol. The molecule has 2 amide bonds. The molecule has 3 N–H and O–H groups in total. The lowest BCUT2D eigenvalue weighted by Gasteiger charge is -2.05. The molecule has 1 aliphatic carbocycles. The van der Waals surface area contributed by atoms with Crippen LogP contribution in [-0.4, -0.2) is 42.9 Å². The van der Waals surface area contributed by atoms with Gasteiger partial charge in [-0.2, -0.15) is 0 Å². The summed E-state index contributed by atoms with van der Waals surface area (Å²) in [6, 6.07) is 0.290. The first-order valence-electron chi connectivity index (χ1n) is 4.53. The van der Waals surface area contributed by atoms with E-state index in [4.69, 9.17) is 5.11 Å².